The number of halogens is 1. The summed E-state index contributed by atoms with van der Waals surface area (Å²) >= 11 is 3.44. The molecule has 0 fully saturated rings. The molecule has 1 amide bonds. The third-order valence-corrected chi connectivity index (χ3v) is 5.82. The molecule has 0 saturated heterocycles. The Labute approximate surface area is 186 Å². The van der Waals surface area contributed by atoms with Gasteiger partial charge in [-0.3, -0.25) is 14.0 Å². The number of rotatable bonds is 7. The smallest absolute Gasteiger partial charge is 0.291 e. The predicted octanol–water partition coefficient (Wildman–Crippen LogP) is 3.84. The number of ether oxygens (including phenoxy) is 1. The molecule has 0 bridgehead atoms. The molecule has 9 heteroatoms. The summed E-state index contributed by atoms with van der Waals surface area (Å²) in [5.74, 6) is 1.09. The van der Waals surface area contributed by atoms with Crippen molar-refractivity contribution < 1.29 is 13.9 Å². The van der Waals surface area contributed by atoms with Crippen LogP contribution in [0.3, 0.4) is 0 Å². The Bertz CT molecular complexity index is 1320. The summed E-state index contributed by atoms with van der Waals surface area (Å²) in [6.45, 7) is 4.09. The lowest BCUT2D eigenvalue weighted by atomic mass is 10.1. The quantitative estimate of drug-likeness (QED) is 0.428. The third-order valence-electron chi connectivity index (χ3n) is 5.33. The van der Waals surface area contributed by atoms with E-state index in [1.807, 2.05) is 38.1 Å². The lowest BCUT2D eigenvalue weighted by Gasteiger charge is -2.19. The highest BCUT2D eigenvalue weighted by atomic mass is 79.9. The minimum atomic E-state index is -0.734. The number of fused-ring (bicyclic) bond motifs is 3. The van der Waals surface area contributed by atoms with Crippen molar-refractivity contribution >= 4 is 38.5 Å². The highest BCUT2D eigenvalue weighted by molar-refractivity contribution is 9.10. The topological polar surface area (TPSA) is 90.8 Å². The number of methoxy groups -OCH3 is 1. The lowest BCUT2D eigenvalue weighted by molar-refractivity contribution is -0.125. The van der Waals surface area contributed by atoms with Gasteiger partial charge in [0.15, 0.2) is 5.58 Å². The van der Waals surface area contributed by atoms with Crippen LogP contribution in [0.25, 0.3) is 16.6 Å². The van der Waals surface area contributed by atoms with E-state index >= 15 is 0 Å². The van der Waals surface area contributed by atoms with Gasteiger partial charge in [-0.1, -0.05) is 29.8 Å². The molecule has 0 spiro atoms. The van der Waals surface area contributed by atoms with Gasteiger partial charge in [0.05, 0.1) is 18.9 Å². The van der Waals surface area contributed by atoms with E-state index in [0.29, 0.717) is 35.5 Å². The van der Waals surface area contributed by atoms with Crippen molar-refractivity contribution in [2.75, 3.05) is 7.11 Å². The molecule has 1 aromatic carbocycles. The van der Waals surface area contributed by atoms with E-state index in [1.54, 1.807) is 23.8 Å². The zero-order valence-electron chi connectivity index (χ0n) is 17.5. The average Bonchev–Trinajstić information content (AvgIpc) is 3.36. The predicted molar refractivity (Wildman–Crippen MR) is 120 cm³/mol. The molecule has 8 nitrogen and oxygen atoms in total. The van der Waals surface area contributed by atoms with Crippen molar-refractivity contribution in [1.82, 2.24) is 19.5 Å². The molecule has 1 atom stereocenters. The Morgan fingerprint density at radius 2 is 2.06 bits per heavy atom. The highest BCUT2D eigenvalue weighted by Crippen LogP contribution is 2.24. The van der Waals surface area contributed by atoms with E-state index in [2.05, 4.69) is 26.3 Å². The van der Waals surface area contributed by atoms with Crippen LogP contribution in [-0.4, -0.2) is 27.2 Å². The van der Waals surface area contributed by atoms with Crippen molar-refractivity contribution in [1.29, 1.82) is 0 Å². The molecule has 4 aromatic rings. The molecule has 4 rings (SSSR count). The fraction of sp³-hybridized carbons (Fsp3) is 0.318. The summed E-state index contributed by atoms with van der Waals surface area (Å²) in [6, 6.07) is 8.37. The second-order valence-electron chi connectivity index (χ2n) is 7.15. The number of nitrogens with zero attached hydrogens (tertiary/aromatic N) is 3. The van der Waals surface area contributed by atoms with Crippen LogP contribution in [0.1, 0.15) is 37.7 Å². The fourth-order valence-corrected chi connectivity index (χ4v) is 4.20. The van der Waals surface area contributed by atoms with Gasteiger partial charge in [0.25, 0.3) is 5.56 Å². The van der Waals surface area contributed by atoms with E-state index < -0.39 is 6.04 Å². The number of aryl methyl sites for hydroxylation is 1. The van der Waals surface area contributed by atoms with E-state index in [0.717, 1.165) is 15.6 Å². The highest BCUT2D eigenvalue weighted by Gasteiger charge is 2.24. The van der Waals surface area contributed by atoms with Gasteiger partial charge >= 0.3 is 0 Å². The molecule has 0 saturated carbocycles. The minimum absolute atomic E-state index is 0.271. The van der Waals surface area contributed by atoms with Crippen LogP contribution in [-0.2, 0) is 17.8 Å². The first-order chi connectivity index (χ1) is 15.0. The first-order valence-corrected chi connectivity index (χ1v) is 10.9. The van der Waals surface area contributed by atoms with E-state index in [1.165, 1.54) is 4.68 Å². The number of nitrogens with one attached hydrogen (secondary N) is 1. The van der Waals surface area contributed by atoms with Gasteiger partial charge < -0.3 is 14.5 Å². The summed E-state index contributed by atoms with van der Waals surface area (Å²) in [4.78, 5) is 26.3. The van der Waals surface area contributed by atoms with Crippen LogP contribution >= 0.6 is 15.9 Å². The maximum atomic E-state index is 13.2. The van der Waals surface area contributed by atoms with Crippen molar-refractivity contribution in [3.8, 4) is 5.75 Å². The zero-order chi connectivity index (χ0) is 22.1. The summed E-state index contributed by atoms with van der Waals surface area (Å²) < 4.78 is 14.8. The fourth-order valence-electron chi connectivity index (χ4n) is 3.79. The normalized spacial score (nSPS) is 12.4. The molecule has 0 aliphatic heterocycles. The number of amides is 1. The minimum Gasteiger partial charge on any atom is -0.496 e. The standard InChI is InChI=1S/C22H23BrN4O4/c1-4-15(21(28)24-12-13-10-14(23)6-7-18(13)30-3)27-22(29)17-11-19-16(8-9-31-19)26(17)20(5-2)25-27/h6-11,15H,4-5,12H2,1-3H3,(H,24,28). The second kappa shape index (κ2) is 8.58. The van der Waals surface area contributed by atoms with Crippen LogP contribution < -0.4 is 15.6 Å². The number of furan rings is 1. The molecule has 0 radical (unpaired) electrons. The van der Waals surface area contributed by atoms with E-state index in [9.17, 15) is 9.59 Å². The van der Waals surface area contributed by atoms with Gasteiger partial charge in [0.2, 0.25) is 5.91 Å². The Hall–Kier alpha value is -3.07. The second-order valence-corrected chi connectivity index (χ2v) is 8.07. The third kappa shape index (κ3) is 3.74. The molecule has 0 aliphatic rings. The van der Waals surface area contributed by atoms with Gasteiger partial charge in [-0.2, -0.15) is 5.10 Å². The Morgan fingerprint density at radius 1 is 1.26 bits per heavy atom. The lowest BCUT2D eigenvalue weighted by Crippen LogP contribution is -2.39. The van der Waals surface area contributed by atoms with Crippen LogP contribution in [0.15, 0.2) is 50.3 Å². The molecular weight excluding hydrogens is 464 g/mol. The maximum absolute atomic E-state index is 13.2. The first-order valence-electron chi connectivity index (χ1n) is 10.1. The summed E-state index contributed by atoms with van der Waals surface area (Å²) in [5.41, 5.74) is 2.36. The number of hydrogen-bond donors (Lipinski definition) is 1. The van der Waals surface area contributed by atoms with Crippen LogP contribution in [0, 0.1) is 0 Å². The number of aromatic nitrogens is 3. The molecule has 1 unspecified atom stereocenters. The molecule has 1 N–H and O–H groups in total. The van der Waals surface area contributed by atoms with E-state index in [-0.39, 0.29) is 18.0 Å². The number of carbonyl (C=O) groups is 1. The van der Waals surface area contributed by atoms with Crippen molar-refractivity contribution in [2.45, 2.75) is 39.3 Å². The Morgan fingerprint density at radius 3 is 2.77 bits per heavy atom. The van der Waals surface area contributed by atoms with Gasteiger partial charge in [0.1, 0.15) is 23.1 Å². The van der Waals surface area contributed by atoms with Crippen LogP contribution in [0.5, 0.6) is 5.75 Å². The van der Waals surface area contributed by atoms with Crippen molar-refractivity contribution in [2.24, 2.45) is 0 Å². The Balaban J connectivity index is 1.68. The summed E-state index contributed by atoms with van der Waals surface area (Å²) in [6.07, 6.45) is 2.60. The molecular formula is C22H23BrN4O4. The molecule has 0 aliphatic carbocycles. The number of hydrogen-bond acceptors (Lipinski definition) is 5. The number of carbonyl (C=O) groups excluding carboxylic acids is 1. The van der Waals surface area contributed by atoms with Crippen molar-refractivity contribution in [3.63, 3.8) is 0 Å². The monoisotopic (exact) mass is 486 g/mol. The van der Waals surface area contributed by atoms with Gasteiger partial charge in [-0.25, -0.2) is 4.68 Å². The molecule has 3 aromatic heterocycles. The summed E-state index contributed by atoms with van der Waals surface area (Å²) in [7, 11) is 1.59. The van der Waals surface area contributed by atoms with Crippen molar-refractivity contribution in [3.05, 3.63) is 62.8 Å². The largest absolute Gasteiger partial charge is 0.496 e. The molecule has 3 heterocycles. The summed E-state index contributed by atoms with van der Waals surface area (Å²) in [5, 5.41) is 7.47. The van der Waals surface area contributed by atoms with Gasteiger partial charge in [-0.15, -0.1) is 0 Å². The average molecular weight is 487 g/mol. The van der Waals surface area contributed by atoms with Crippen LogP contribution in [0.4, 0.5) is 0 Å². The Kier molecular flexibility index (Phi) is 5.86. The van der Waals surface area contributed by atoms with E-state index in [4.69, 9.17) is 9.15 Å². The molecule has 162 valence electrons. The van der Waals surface area contributed by atoms with Crippen LogP contribution in [0.2, 0.25) is 0 Å². The van der Waals surface area contributed by atoms with Gasteiger partial charge in [-0.05, 0) is 24.6 Å². The zero-order valence-corrected chi connectivity index (χ0v) is 19.1. The first kappa shape index (κ1) is 21.2. The SMILES string of the molecule is CCc1nn(C(CC)C(=O)NCc2cc(Br)ccc2OC)c(=O)c2cc3occc3n12. The van der Waals surface area contributed by atoms with Gasteiger partial charge in [0, 0.05) is 35.1 Å². The number of benzene rings is 1. The maximum Gasteiger partial charge on any atom is 0.291 e. The molecule has 31 heavy (non-hydrogen) atoms.